The van der Waals surface area contributed by atoms with Crippen LogP contribution in [0.1, 0.15) is 48.7 Å². The largest absolute Gasteiger partial charge is 0.314 e. The van der Waals surface area contributed by atoms with Gasteiger partial charge in [0.05, 0.1) is 0 Å². The Kier molecular flexibility index (Phi) is 2.80. The third-order valence-electron chi connectivity index (χ3n) is 2.18. The lowest BCUT2D eigenvalue weighted by molar-refractivity contribution is 0.358. The third kappa shape index (κ3) is 3.76. The van der Waals surface area contributed by atoms with Crippen LogP contribution in [0.5, 0.6) is 0 Å². The number of nitrogens with one attached hydrogen (secondary N) is 1. The highest BCUT2D eigenvalue weighted by Crippen LogP contribution is 2.17. The van der Waals surface area contributed by atoms with Crippen molar-refractivity contribution in [2.24, 2.45) is 5.92 Å². The fraction of sp³-hybridized carbons (Fsp3) is 1.00. The zero-order valence-corrected chi connectivity index (χ0v) is 7.69. The molecule has 66 valence electrons. The fourth-order valence-corrected chi connectivity index (χ4v) is 1.53. The second kappa shape index (κ2) is 4.76. The van der Waals surface area contributed by atoms with Gasteiger partial charge in [0.25, 0.3) is 0 Å². The van der Waals surface area contributed by atoms with Crippen LogP contribution in [0.25, 0.3) is 0 Å². The first kappa shape index (κ1) is 6.47. The summed E-state index contributed by atoms with van der Waals surface area (Å²) in [6.07, 6.45) is 6.12. The predicted molar refractivity (Wildman–Crippen MR) is 49.7 cm³/mol. The maximum Gasteiger partial charge on any atom is 0.0431 e. The average Bonchev–Trinajstić information content (AvgIpc) is 2.05. The zero-order valence-electron chi connectivity index (χ0n) is 9.69. The molecule has 0 spiro atoms. The van der Waals surface area contributed by atoms with Gasteiger partial charge in [0.2, 0.25) is 0 Å². The van der Waals surface area contributed by atoms with Crippen molar-refractivity contribution in [3.8, 4) is 0 Å². The van der Waals surface area contributed by atoms with E-state index in [-0.39, 0.29) is 5.92 Å². The van der Waals surface area contributed by atoms with Crippen LogP contribution >= 0.6 is 0 Å². The summed E-state index contributed by atoms with van der Waals surface area (Å²) >= 11 is 0. The van der Waals surface area contributed by atoms with Crippen LogP contribution in [0.15, 0.2) is 0 Å². The van der Waals surface area contributed by atoms with Crippen LogP contribution in [0.3, 0.4) is 0 Å². The van der Waals surface area contributed by atoms with Crippen LogP contribution in [-0.2, 0) is 0 Å². The number of hydrogen-bond acceptors (Lipinski definition) is 1. The molecule has 0 aromatic carbocycles. The second-order valence-corrected chi connectivity index (χ2v) is 3.78. The molecule has 1 rings (SSSR count). The van der Waals surface area contributed by atoms with Crippen molar-refractivity contribution in [2.45, 2.75) is 52.0 Å². The Morgan fingerprint density at radius 3 is 2.55 bits per heavy atom. The van der Waals surface area contributed by atoms with E-state index in [4.69, 9.17) is 2.74 Å². The summed E-state index contributed by atoms with van der Waals surface area (Å²) in [5.74, 6) is 0.0504. The van der Waals surface area contributed by atoms with E-state index >= 15 is 0 Å². The Bertz CT molecular complexity index is 151. The Hall–Kier alpha value is -0.0400. The van der Waals surface area contributed by atoms with Crippen molar-refractivity contribution in [1.29, 1.82) is 0 Å². The molecule has 1 nitrogen and oxygen atoms in total. The van der Waals surface area contributed by atoms with Crippen LogP contribution < -0.4 is 5.32 Å². The molecule has 0 aliphatic heterocycles. The van der Waals surface area contributed by atoms with E-state index in [0.717, 1.165) is 12.8 Å². The summed E-state index contributed by atoms with van der Waals surface area (Å²) in [6.45, 7) is 2.66. The van der Waals surface area contributed by atoms with E-state index in [2.05, 4.69) is 5.32 Å². The number of hydrogen-bond donors (Lipinski definition) is 1. The monoisotopic (exact) mass is 157 g/mol. The first-order valence-electron chi connectivity index (χ1n) is 5.80. The maximum atomic E-state index is 7.77. The first-order chi connectivity index (χ1) is 6.02. The highest BCUT2D eigenvalue weighted by molar-refractivity contribution is 4.71. The molecule has 0 aromatic rings. The minimum Gasteiger partial charge on any atom is -0.314 e. The average molecular weight is 157 g/mol. The van der Waals surface area contributed by atoms with Gasteiger partial charge in [-0.05, 0) is 25.3 Å². The smallest absolute Gasteiger partial charge is 0.0431 e. The van der Waals surface area contributed by atoms with Gasteiger partial charge in [-0.1, -0.05) is 33.1 Å². The molecule has 1 aliphatic rings. The fourth-order valence-electron chi connectivity index (χ4n) is 1.53. The molecule has 1 aliphatic carbocycles. The Balaban J connectivity index is 2.37. The van der Waals surface area contributed by atoms with Crippen molar-refractivity contribution in [1.82, 2.24) is 5.32 Å². The lowest BCUT2D eigenvalue weighted by Crippen LogP contribution is -2.33. The van der Waals surface area contributed by atoms with Gasteiger partial charge in [0.1, 0.15) is 0 Å². The van der Waals surface area contributed by atoms with Crippen molar-refractivity contribution in [3.63, 3.8) is 0 Å². The van der Waals surface area contributed by atoms with Crippen LogP contribution in [0, 0.1) is 5.92 Å². The summed E-state index contributed by atoms with van der Waals surface area (Å²) in [6, 6.07) is 0.408. The minimum atomic E-state index is -1.19. The van der Waals surface area contributed by atoms with Crippen LogP contribution in [0.4, 0.5) is 0 Å². The van der Waals surface area contributed by atoms with Crippen LogP contribution in [-0.4, -0.2) is 12.5 Å². The molecule has 0 saturated heterocycles. The first-order valence-corrected chi connectivity index (χ1v) is 4.80. The highest BCUT2D eigenvalue weighted by atomic mass is 14.9. The Labute approximate surface area is 73.4 Å². The zero-order chi connectivity index (χ0) is 9.90. The molecule has 1 saturated carbocycles. The molecule has 1 fully saturated rings. The Morgan fingerprint density at radius 2 is 2.00 bits per heavy atom. The molecule has 1 heteroatoms. The van der Waals surface area contributed by atoms with Gasteiger partial charge in [-0.3, -0.25) is 0 Å². The van der Waals surface area contributed by atoms with Gasteiger partial charge >= 0.3 is 0 Å². The van der Waals surface area contributed by atoms with Crippen molar-refractivity contribution >= 4 is 0 Å². The van der Waals surface area contributed by atoms with Gasteiger partial charge in [0, 0.05) is 8.78 Å². The molecule has 0 radical (unpaired) electrons. The molecule has 0 atom stereocenters. The molecule has 0 unspecified atom stereocenters. The molecule has 0 amide bonds. The normalized spacial score (nSPS) is 25.0. The van der Waals surface area contributed by atoms with Gasteiger partial charge < -0.3 is 5.32 Å². The van der Waals surface area contributed by atoms with Gasteiger partial charge in [-0.25, -0.2) is 0 Å². The summed E-state index contributed by atoms with van der Waals surface area (Å²) < 4.78 is 15.5. The van der Waals surface area contributed by atoms with Crippen molar-refractivity contribution in [3.05, 3.63) is 0 Å². The molecular formula is C10H21N. The second-order valence-electron chi connectivity index (χ2n) is 3.78. The van der Waals surface area contributed by atoms with E-state index < -0.39 is 6.50 Å². The SMILES string of the molecule is [2H]C([2H])(NC1CCCCC1)C(C)C. The molecule has 0 bridgehead atoms. The van der Waals surface area contributed by atoms with Crippen molar-refractivity contribution in [2.75, 3.05) is 6.50 Å². The quantitative estimate of drug-likeness (QED) is 0.664. The van der Waals surface area contributed by atoms with E-state index in [1.54, 1.807) is 0 Å². The van der Waals surface area contributed by atoms with Gasteiger partial charge in [-0.15, -0.1) is 0 Å². The third-order valence-corrected chi connectivity index (χ3v) is 2.18. The maximum absolute atomic E-state index is 7.77. The molecule has 0 aromatic heterocycles. The van der Waals surface area contributed by atoms with Gasteiger partial charge in [-0.2, -0.15) is 0 Å². The molecule has 11 heavy (non-hydrogen) atoms. The summed E-state index contributed by atoms with van der Waals surface area (Å²) in [5.41, 5.74) is 0. The minimum absolute atomic E-state index is 0.0504. The van der Waals surface area contributed by atoms with Crippen LogP contribution in [0.2, 0.25) is 0 Å². The van der Waals surface area contributed by atoms with Gasteiger partial charge in [0.15, 0.2) is 0 Å². The van der Waals surface area contributed by atoms with E-state index in [0.29, 0.717) is 6.04 Å². The predicted octanol–water partition coefficient (Wildman–Crippen LogP) is 2.56. The van der Waals surface area contributed by atoms with E-state index in [1.807, 2.05) is 13.8 Å². The lowest BCUT2D eigenvalue weighted by atomic mass is 9.95. The molecule has 0 heterocycles. The summed E-state index contributed by atoms with van der Waals surface area (Å²) in [5, 5.41) is 3.13. The topological polar surface area (TPSA) is 12.0 Å². The van der Waals surface area contributed by atoms with E-state index in [9.17, 15) is 0 Å². The van der Waals surface area contributed by atoms with Crippen molar-refractivity contribution < 1.29 is 2.74 Å². The standard InChI is InChI=1S/C10H21N/c1-9(2)8-11-10-6-4-3-5-7-10/h9-11H,3-8H2,1-2H3/i8D2. The molecule has 1 N–H and O–H groups in total. The number of rotatable bonds is 3. The lowest BCUT2D eigenvalue weighted by Gasteiger charge is -2.23. The highest BCUT2D eigenvalue weighted by Gasteiger charge is 2.11. The summed E-state index contributed by atoms with van der Waals surface area (Å²) in [7, 11) is 0. The van der Waals surface area contributed by atoms with E-state index in [1.165, 1.54) is 19.3 Å². The molecular weight excluding hydrogens is 134 g/mol. The summed E-state index contributed by atoms with van der Waals surface area (Å²) in [4.78, 5) is 0. The Morgan fingerprint density at radius 1 is 1.36 bits per heavy atom.